The van der Waals surface area contributed by atoms with E-state index in [2.05, 4.69) is 0 Å². The van der Waals surface area contributed by atoms with Crippen LogP contribution in [-0.4, -0.2) is 76.6 Å². The normalized spacial score (nSPS) is 26.5. The summed E-state index contributed by atoms with van der Waals surface area (Å²) < 4.78 is 11.8. The SMILES string of the molecule is COc1ccc2sc(N3C(=O)[C@@H](C)[C@@H]4[C@@H]3CCN4C(=O)[C@@H]3CCCN3C(=O)OC(C)(C)C)nc2c1. The van der Waals surface area contributed by atoms with Gasteiger partial charge in [0, 0.05) is 19.2 Å². The molecule has 35 heavy (non-hydrogen) atoms. The first-order valence-electron chi connectivity index (χ1n) is 12.2. The van der Waals surface area contributed by atoms with Crippen molar-refractivity contribution in [3.8, 4) is 5.75 Å². The zero-order valence-corrected chi connectivity index (χ0v) is 21.6. The average molecular weight is 501 g/mol. The summed E-state index contributed by atoms with van der Waals surface area (Å²) in [5.74, 6) is 0.275. The quantitative estimate of drug-likeness (QED) is 0.639. The molecule has 0 aliphatic carbocycles. The summed E-state index contributed by atoms with van der Waals surface area (Å²) >= 11 is 1.48. The lowest BCUT2D eigenvalue weighted by atomic mass is 10.0. The maximum absolute atomic E-state index is 13.7. The molecule has 0 unspecified atom stereocenters. The monoisotopic (exact) mass is 500 g/mol. The van der Waals surface area contributed by atoms with E-state index in [9.17, 15) is 14.4 Å². The fourth-order valence-corrected chi connectivity index (χ4v) is 6.59. The van der Waals surface area contributed by atoms with E-state index in [4.69, 9.17) is 14.5 Å². The van der Waals surface area contributed by atoms with Crippen LogP contribution in [0.4, 0.5) is 9.93 Å². The summed E-state index contributed by atoms with van der Waals surface area (Å²) in [6.07, 6.45) is 1.60. The summed E-state index contributed by atoms with van der Waals surface area (Å²) in [6.45, 7) is 8.41. The molecular weight excluding hydrogens is 468 g/mol. The molecule has 1 aromatic carbocycles. The highest BCUT2D eigenvalue weighted by atomic mass is 32.1. The predicted molar refractivity (Wildman–Crippen MR) is 133 cm³/mol. The number of anilines is 1. The molecule has 3 aliphatic rings. The Balaban J connectivity index is 1.38. The molecule has 3 saturated heterocycles. The Kier molecular flexibility index (Phi) is 5.89. The number of fused-ring (bicyclic) bond motifs is 2. The molecule has 10 heteroatoms. The lowest BCUT2D eigenvalue weighted by Gasteiger charge is -2.33. The zero-order valence-electron chi connectivity index (χ0n) is 20.8. The molecule has 0 spiro atoms. The molecule has 4 atom stereocenters. The molecule has 188 valence electrons. The molecule has 3 amide bonds. The first-order chi connectivity index (χ1) is 16.6. The molecule has 1 aromatic heterocycles. The second kappa shape index (κ2) is 8.65. The van der Waals surface area contributed by atoms with Crippen LogP contribution in [0.5, 0.6) is 5.75 Å². The van der Waals surface area contributed by atoms with Gasteiger partial charge in [-0.1, -0.05) is 18.3 Å². The van der Waals surface area contributed by atoms with Gasteiger partial charge in [-0.25, -0.2) is 9.78 Å². The van der Waals surface area contributed by atoms with Gasteiger partial charge >= 0.3 is 6.09 Å². The van der Waals surface area contributed by atoms with Crippen molar-refractivity contribution in [3.63, 3.8) is 0 Å². The Morgan fingerprint density at radius 1 is 1.14 bits per heavy atom. The van der Waals surface area contributed by atoms with Crippen LogP contribution >= 0.6 is 11.3 Å². The number of carbonyl (C=O) groups is 3. The Bertz CT molecular complexity index is 1170. The van der Waals surface area contributed by atoms with Crippen LogP contribution in [0.3, 0.4) is 0 Å². The average Bonchev–Trinajstić information content (AvgIpc) is 3.56. The van der Waals surface area contributed by atoms with Crippen LogP contribution in [0.1, 0.15) is 47.0 Å². The predicted octanol–water partition coefficient (Wildman–Crippen LogP) is 3.66. The van der Waals surface area contributed by atoms with Crippen molar-refractivity contribution in [2.75, 3.05) is 25.1 Å². The van der Waals surface area contributed by atoms with Crippen molar-refractivity contribution in [3.05, 3.63) is 18.2 Å². The minimum absolute atomic E-state index is 0.0149. The minimum atomic E-state index is -0.625. The van der Waals surface area contributed by atoms with Crippen molar-refractivity contribution in [1.82, 2.24) is 14.8 Å². The van der Waals surface area contributed by atoms with E-state index in [-0.39, 0.29) is 29.8 Å². The van der Waals surface area contributed by atoms with Gasteiger partial charge in [-0.05, 0) is 52.2 Å². The first-order valence-corrected chi connectivity index (χ1v) is 13.0. The first kappa shape index (κ1) is 23.8. The Morgan fingerprint density at radius 3 is 2.63 bits per heavy atom. The number of thiazole rings is 1. The molecule has 3 fully saturated rings. The maximum Gasteiger partial charge on any atom is 0.410 e. The van der Waals surface area contributed by atoms with E-state index in [1.807, 2.05) is 50.8 Å². The molecular formula is C25H32N4O5S. The van der Waals surface area contributed by atoms with Crippen LogP contribution in [-0.2, 0) is 14.3 Å². The van der Waals surface area contributed by atoms with Crippen molar-refractivity contribution in [2.45, 2.75) is 70.7 Å². The van der Waals surface area contributed by atoms with Gasteiger partial charge in [-0.15, -0.1) is 0 Å². The van der Waals surface area contributed by atoms with E-state index in [0.717, 1.165) is 22.4 Å². The van der Waals surface area contributed by atoms with E-state index in [0.29, 0.717) is 31.1 Å². The van der Waals surface area contributed by atoms with Crippen molar-refractivity contribution in [2.24, 2.45) is 5.92 Å². The van der Waals surface area contributed by atoms with Crippen LogP contribution in [0.25, 0.3) is 10.2 Å². The number of aromatic nitrogens is 1. The standard InChI is InChI=1S/C25H32N4O5S/c1-14-20-17(29(21(14)30)23-26-16-13-15(33-5)8-9-19(16)35-23)10-12-28(20)22(31)18-7-6-11-27(18)24(32)34-25(2,3)4/h8-9,13-14,17-18,20H,6-7,10-12H2,1-5H3/t14-,17-,18-,20+/m0/s1. The number of ether oxygens (including phenoxy) is 2. The number of likely N-dealkylation sites (tertiary alicyclic amines) is 2. The van der Waals surface area contributed by atoms with Gasteiger partial charge < -0.3 is 14.4 Å². The van der Waals surface area contributed by atoms with Crippen LogP contribution in [0.15, 0.2) is 18.2 Å². The molecule has 3 aliphatic heterocycles. The van der Waals surface area contributed by atoms with Crippen molar-refractivity contribution < 1.29 is 23.9 Å². The summed E-state index contributed by atoms with van der Waals surface area (Å²) in [6, 6.07) is 4.79. The van der Waals surface area contributed by atoms with Crippen molar-refractivity contribution in [1.29, 1.82) is 0 Å². The second-order valence-corrected chi connectivity index (χ2v) is 11.5. The molecule has 9 nitrogen and oxygen atoms in total. The van der Waals surface area contributed by atoms with E-state index in [1.165, 1.54) is 11.3 Å². The van der Waals surface area contributed by atoms with E-state index in [1.54, 1.807) is 16.9 Å². The number of benzene rings is 1. The Labute approximate surface area is 209 Å². The molecule has 2 aromatic rings. The lowest BCUT2D eigenvalue weighted by Crippen LogP contribution is -2.52. The van der Waals surface area contributed by atoms with Crippen LogP contribution < -0.4 is 9.64 Å². The highest BCUT2D eigenvalue weighted by molar-refractivity contribution is 7.22. The highest BCUT2D eigenvalue weighted by Crippen LogP contribution is 2.43. The third-order valence-electron chi connectivity index (χ3n) is 7.13. The van der Waals surface area contributed by atoms with Crippen LogP contribution in [0, 0.1) is 5.92 Å². The third-order valence-corrected chi connectivity index (χ3v) is 8.16. The maximum atomic E-state index is 13.7. The minimum Gasteiger partial charge on any atom is -0.497 e. The number of methoxy groups -OCH3 is 1. The molecule has 0 radical (unpaired) electrons. The molecule has 5 rings (SSSR count). The Hall–Kier alpha value is -2.88. The molecule has 0 bridgehead atoms. The topological polar surface area (TPSA) is 92.3 Å². The van der Waals surface area contributed by atoms with E-state index >= 15 is 0 Å². The van der Waals surface area contributed by atoms with Gasteiger partial charge in [-0.3, -0.25) is 19.4 Å². The molecule has 4 heterocycles. The fraction of sp³-hybridized carbons (Fsp3) is 0.600. The van der Waals surface area contributed by atoms with Crippen molar-refractivity contribution >= 4 is 44.6 Å². The number of hydrogen-bond donors (Lipinski definition) is 0. The lowest BCUT2D eigenvalue weighted by molar-refractivity contribution is -0.137. The molecule has 0 saturated carbocycles. The number of amides is 3. The van der Waals surface area contributed by atoms with Gasteiger partial charge in [0.1, 0.15) is 17.4 Å². The van der Waals surface area contributed by atoms with E-state index < -0.39 is 17.7 Å². The van der Waals surface area contributed by atoms with Gasteiger partial charge in [0.05, 0.1) is 35.3 Å². The zero-order chi connectivity index (χ0) is 25.1. The number of rotatable bonds is 3. The highest BCUT2D eigenvalue weighted by Gasteiger charge is 2.55. The third kappa shape index (κ3) is 4.11. The van der Waals surface area contributed by atoms with Gasteiger partial charge in [-0.2, -0.15) is 0 Å². The number of nitrogens with zero attached hydrogens (tertiary/aromatic N) is 4. The molecule has 0 N–H and O–H groups in total. The van der Waals surface area contributed by atoms with Gasteiger partial charge in [0.2, 0.25) is 11.8 Å². The summed E-state index contributed by atoms with van der Waals surface area (Å²) in [5, 5.41) is 0.656. The largest absolute Gasteiger partial charge is 0.497 e. The number of hydrogen-bond acceptors (Lipinski definition) is 7. The van der Waals surface area contributed by atoms with Crippen LogP contribution in [0.2, 0.25) is 0 Å². The Morgan fingerprint density at radius 2 is 1.91 bits per heavy atom. The summed E-state index contributed by atoms with van der Waals surface area (Å²) in [4.78, 5) is 49.8. The smallest absolute Gasteiger partial charge is 0.410 e. The van der Waals surface area contributed by atoms with Gasteiger partial charge in [0.25, 0.3) is 0 Å². The number of carbonyl (C=O) groups excluding carboxylic acids is 3. The van der Waals surface area contributed by atoms with Gasteiger partial charge in [0.15, 0.2) is 5.13 Å². The second-order valence-electron chi connectivity index (χ2n) is 10.5. The fourth-order valence-electron chi connectivity index (χ4n) is 5.59. The summed E-state index contributed by atoms with van der Waals surface area (Å²) in [7, 11) is 1.61. The summed E-state index contributed by atoms with van der Waals surface area (Å²) in [5.41, 5.74) is 0.165.